The quantitative estimate of drug-likeness (QED) is 0.0322. The van der Waals surface area contributed by atoms with Gasteiger partial charge in [0.25, 0.3) is 0 Å². The molecule has 1 amide bonds. The Labute approximate surface area is 380 Å². The SMILES string of the molecule is CCCCCCCCCC/C=C/C(O)C(CO)NC(=O)CCCCCCC/C=C\CCCCCCCCCOC(=O)CCCCCCCCCCCCCCCCCCCC. The van der Waals surface area contributed by atoms with Crippen LogP contribution in [0.2, 0.25) is 0 Å². The summed E-state index contributed by atoms with van der Waals surface area (Å²) in [6.07, 6.45) is 60.5. The van der Waals surface area contributed by atoms with Crippen LogP contribution >= 0.6 is 0 Å². The number of ether oxygens (including phenoxy) is 1. The van der Waals surface area contributed by atoms with Crippen LogP contribution in [-0.4, -0.2) is 47.4 Å². The molecule has 0 aliphatic heterocycles. The first-order chi connectivity index (χ1) is 30.0. The van der Waals surface area contributed by atoms with Crippen molar-refractivity contribution in [3.63, 3.8) is 0 Å². The Morgan fingerprint density at radius 1 is 0.443 bits per heavy atom. The molecule has 6 nitrogen and oxygen atoms in total. The van der Waals surface area contributed by atoms with Crippen LogP contribution in [-0.2, 0) is 14.3 Å². The second-order valence-electron chi connectivity index (χ2n) is 18.6. The third-order valence-corrected chi connectivity index (χ3v) is 12.5. The average molecular weight is 860 g/mol. The molecule has 3 N–H and O–H groups in total. The van der Waals surface area contributed by atoms with Crippen LogP contribution in [0.15, 0.2) is 24.3 Å². The lowest BCUT2D eigenvalue weighted by atomic mass is 10.0. The van der Waals surface area contributed by atoms with Gasteiger partial charge in [-0.05, 0) is 57.8 Å². The molecule has 0 aromatic rings. The molecule has 0 aliphatic rings. The van der Waals surface area contributed by atoms with Gasteiger partial charge in [-0.25, -0.2) is 0 Å². The van der Waals surface area contributed by atoms with E-state index in [0.717, 1.165) is 64.2 Å². The summed E-state index contributed by atoms with van der Waals surface area (Å²) < 4.78 is 5.48. The number of unbranched alkanes of at least 4 members (excludes halogenated alkanes) is 37. The lowest BCUT2D eigenvalue weighted by Crippen LogP contribution is -2.45. The molecule has 0 aromatic heterocycles. The van der Waals surface area contributed by atoms with E-state index in [2.05, 4.69) is 31.3 Å². The van der Waals surface area contributed by atoms with Crippen LogP contribution in [0.3, 0.4) is 0 Å². The minimum Gasteiger partial charge on any atom is -0.466 e. The Hall–Kier alpha value is -1.66. The van der Waals surface area contributed by atoms with Crippen molar-refractivity contribution in [1.82, 2.24) is 5.32 Å². The molecule has 0 rings (SSSR count). The summed E-state index contributed by atoms with van der Waals surface area (Å²) >= 11 is 0. The number of rotatable bonds is 50. The Kier molecular flexibility index (Phi) is 49.6. The first-order valence-corrected chi connectivity index (χ1v) is 27.1. The highest BCUT2D eigenvalue weighted by molar-refractivity contribution is 5.76. The van der Waals surface area contributed by atoms with Crippen molar-refractivity contribution in [2.45, 2.75) is 302 Å². The smallest absolute Gasteiger partial charge is 0.305 e. The maximum Gasteiger partial charge on any atom is 0.305 e. The predicted octanol–water partition coefficient (Wildman–Crippen LogP) is 16.3. The molecule has 0 fully saturated rings. The Morgan fingerprint density at radius 2 is 0.770 bits per heavy atom. The molecule has 0 heterocycles. The van der Waals surface area contributed by atoms with E-state index in [-0.39, 0.29) is 18.5 Å². The first-order valence-electron chi connectivity index (χ1n) is 27.1. The predicted molar refractivity (Wildman–Crippen MR) is 264 cm³/mol. The van der Waals surface area contributed by atoms with Gasteiger partial charge in [-0.3, -0.25) is 9.59 Å². The van der Waals surface area contributed by atoms with Crippen molar-refractivity contribution >= 4 is 11.9 Å². The van der Waals surface area contributed by atoms with E-state index in [1.54, 1.807) is 6.08 Å². The van der Waals surface area contributed by atoms with Crippen molar-refractivity contribution in [3.8, 4) is 0 Å². The van der Waals surface area contributed by atoms with Crippen LogP contribution in [0.1, 0.15) is 290 Å². The molecule has 6 heteroatoms. The van der Waals surface area contributed by atoms with Crippen molar-refractivity contribution in [2.75, 3.05) is 13.2 Å². The second-order valence-corrected chi connectivity index (χ2v) is 18.6. The van der Waals surface area contributed by atoms with E-state index in [1.807, 2.05) is 6.08 Å². The standard InChI is InChI=1S/C55H105NO5/c1-3-5-7-9-11-13-15-16-17-18-19-23-26-29-33-37-41-45-49-55(60)61-50-46-42-38-34-30-27-24-21-20-22-25-28-32-36-40-44-48-54(59)56-52(51-57)53(58)47-43-39-35-31-14-12-10-8-6-4-2/h20,22,43,47,52-53,57-58H,3-19,21,23-42,44-46,48-51H2,1-2H3,(H,56,59)/b22-20-,47-43+. The van der Waals surface area contributed by atoms with Gasteiger partial charge in [-0.2, -0.15) is 0 Å². The number of hydrogen-bond acceptors (Lipinski definition) is 5. The molecular weight excluding hydrogens is 755 g/mol. The van der Waals surface area contributed by atoms with Gasteiger partial charge in [-0.1, -0.05) is 244 Å². The minimum atomic E-state index is -0.852. The molecule has 2 atom stereocenters. The van der Waals surface area contributed by atoms with Crippen LogP contribution < -0.4 is 5.32 Å². The van der Waals surface area contributed by atoms with E-state index in [9.17, 15) is 19.8 Å². The third-order valence-electron chi connectivity index (χ3n) is 12.5. The van der Waals surface area contributed by atoms with Crippen LogP contribution in [0.25, 0.3) is 0 Å². The number of carbonyl (C=O) groups is 2. The summed E-state index contributed by atoms with van der Waals surface area (Å²) in [6.45, 7) is 4.87. The Bertz CT molecular complexity index is 951. The van der Waals surface area contributed by atoms with E-state index < -0.39 is 12.1 Å². The average Bonchev–Trinajstić information content (AvgIpc) is 3.26. The minimum absolute atomic E-state index is 0.0000686. The van der Waals surface area contributed by atoms with Crippen LogP contribution in [0.5, 0.6) is 0 Å². The lowest BCUT2D eigenvalue weighted by Gasteiger charge is -2.20. The summed E-state index contributed by atoms with van der Waals surface area (Å²) in [4.78, 5) is 24.4. The fraction of sp³-hybridized carbons (Fsp3) is 0.891. The maximum atomic E-state index is 12.4. The van der Waals surface area contributed by atoms with Gasteiger partial charge >= 0.3 is 5.97 Å². The zero-order valence-corrected chi connectivity index (χ0v) is 40.9. The highest BCUT2D eigenvalue weighted by atomic mass is 16.5. The zero-order chi connectivity index (χ0) is 44.4. The van der Waals surface area contributed by atoms with Gasteiger partial charge in [0.2, 0.25) is 5.91 Å². The number of nitrogens with one attached hydrogen (secondary N) is 1. The normalized spacial score (nSPS) is 12.8. The van der Waals surface area contributed by atoms with Gasteiger partial charge in [0.15, 0.2) is 0 Å². The number of esters is 1. The zero-order valence-electron chi connectivity index (χ0n) is 40.9. The number of aliphatic hydroxyl groups excluding tert-OH is 2. The molecule has 360 valence electrons. The fourth-order valence-corrected chi connectivity index (χ4v) is 8.27. The van der Waals surface area contributed by atoms with E-state index >= 15 is 0 Å². The fourth-order valence-electron chi connectivity index (χ4n) is 8.27. The molecule has 61 heavy (non-hydrogen) atoms. The first kappa shape index (κ1) is 59.3. The summed E-state index contributed by atoms with van der Waals surface area (Å²) in [5, 5.41) is 22.9. The Morgan fingerprint density at radius 3 is 1.16 bits per heavy atom. The molecule has 0 spiro atoms. The van der Waals surface area contributed by atoms with Crippen LogP contribution in [0.4, 0.5) is 0 Å². The van der Waals surface area contributed by atoms with Gasteiger partial charge in [0, 0.05) is 12.8 Å². The van der Waals surface area contributed by atoms with Crippen molar-refractivity contribution < 1.29 is 24.5 Å². The highest BCUT2D eigenvalue weighted by Crippen LogP contribution is 2.16. The van der Waals surface area contributed by atoms with E-state index in [1.165, 1.54) is 199 Å². The number of allylic oxidation sites excluding steroid dienone is 3. The molecular formula is C55H105NO5. The number of aliphatic hydroxyl groups is 2. The molecule has 2 unspecified atom stereocenters. The molecule has 0 bridgehead atoms. The van der Waals surface area contributed by atoms with Gasteiger partial charge in [-0.15, -0.1) is 0 Å². The molecule has 0 saturated carbocycles. The number of amides is 1. The molecule has 0 aromatic carbocycles. The van der Waals surface area contributed by atoms with E-state index in [4.69, 9.17) is 4.74 Å². The Balaban J connectivity index is 3.44. The van der Waals surface area contributed by atoms with E-state index in [0.29, 0.717) is 19.4 Å². The maximum absolute atomic E-state index is 12.4. The third kappa shape index (κ3) is 47.7. The topological polar surface area (TPSA) is 95.9 Å². The molecule has 0 saturated heterocycles. The number of hydrogen-bond donors (Lipinski definition) is 3. The van der Waals surface area contributed by atoms with Gasteiger partial charge < -0.3 is 20.3 Å². The van der Waals surface area contributed by atoms with Crippen LogP contribution in [0, 0.1) is 0 Å². The molecule has 0 aliphatic carbocycles. The van der Waals surface area contributed by atoms with Crippen molar-refractivity contribution in [2.24, 2.45) is 0 Å². The lowest BCUT2D eigenvalue weighted by molar-refractivity contribution is -0.143. The largest absolute Gasteiger partial charge is 0.466 e. The summed E-state index contributed by atoms with van der Waals surface area (Å²) in [7, 11) is 0. The highest BCUT2D eigenvalue weighted by Gasteiger charge is 2.18. The van der Waals surface area contributed by atoms with Crippen molar-refractivity contribution in [3.05, 3.63) is 24.3 Å². The van der Waals surface area contributed by atoms with Gasteiger partial charge in [0.05, 0.1) is 25.4 Å². The summed E-state index contributed by atoms with van der Waals surface area (Å²) in [6, 6.07) is -0.638. The van der Waals surface area contributed by atoms with Gasteiger partial charge in [0.1, 0.15) is 0 Å². The summed E-state index contributed by atoms with van der Waals surface area (Å²) in [5.41, 5.74) is 0. The monoisotopic (exact) mass is 860 g/mol. The summed E-state index contributed by atoms with van der Waals surface area (Å²) in [5.74, 6) is -0.0868. The van der Waals surface area contributed by atoms with Crippen molar-refractivity contribution in [1.29, 1.82) is 0 Å². The molecule has 0 radical (unpaired) electrons. The number of carbonyl (C=O) groups excluding carboxylic acids is 2. The second kappa shape index (κ2) is 51.0.